The Morgan fingerprint density at radius 1 is 0.420 bits per heavy atom. The molecule has 1 spiro atoms. The maximum atomic E-state index is 6.66. The summed E-state index contributed by atoms with van der Waals surface area (Å²) in [6.07, 6.45) is 0. The first kappa shape index (κ1) is 29.1. The van der Waals surface area contributed by atoms with Crippen molar-refractivity contribution < 1.29 is 4.74 Å². The molecule has 0 amide bonds. The number of anilines is 3. The highest BCUT2D eigenvalue weighted by Crippen LogP contribution is 2.43. The van der Waals surface area contributed by atoms with Crippen LogP contribution in [0.4, 0.5) is 17.1 Å². The molecule has 0 N–H and O–H groups in total. The topological polar surface area (TPSA) is 12.5 Å². The van der Waals surface area contributed by atoms with Crippen LogP contribution in [0.5, 0.6) is 11.5 Å². The molecule has 0 bridgehead atoms. The number of hydrogen-bond donors (Lipinski definition) is 0. The minimum Gasteiger partial charge on any atom is -0.458 e. The first-order chi connectivity index (χ1) is 24.8. The molecule has 2 aliphatic heterocycles. The van der Waals surface area contributed by atoms with Crippen LogP contribution in [0.15, 0.2) is 198 Å². The zero-order chi connectivity index (χ0) is 33.1. The number of rotatable bonds is 4. The van der Waals surface area contributed by atoms with E-state index in [4.69, 9.17) is 4.74 Å². The van der Waals surface area contributed by atoms with Gasteiger partial charge in [0, 0.05) is 26.6 Å². The second-order valence-corrected chi connectivity index (χ2v) is 17.6. The summed E-state index contributed by atoms with van der Waals surface area (Å²) in [5.74, 6) is 1.91. The Morgan fingerprint density at radius 3 is 1.78 bits per heavy atom. The van der Waals surface area contributed by atoms with Crippen molar-refractivity contribution in [3.8, 4) is 22.6 Å². The van der Waals surface area contributed by atoms with Crippen LogP contribution in [0.3, 0.4) is 0 Å². The standard InChI is InChI=1S/C46H31NOSSi/c1-2-13-32(14-3-1)33-25-27-35(28-26-33)47(38-18-12-16-34-15-4-5-17-37(34)38)36-29-30-42-46(31-36)50(45-24-11-8-21-41(45)49-42)43-22-9-6-19-39(43)48-40-20-7-10-23-44(40)50/h1-31H. The summed E-state index contributed by atoms with van der Waals surface area (Å²) >= 11 is 1.89. The predicted octanol–water partition coefficient (Wildman–Crippen LogP) is 9.92. The van der Waals surface area contributed by atoms with Crippen molar-refractivity contribution in [2.75, 3.05) is 4.90 Å². The monoisotopic (exact) mass is 673 g/mol. The first-order valence-electron chi connectivity index (χ1n) is 17.0. The quantitative estimate of drug-likeness (QED) is 0.173. The summed E-state index contributed by atoms with van der Waals surface area (Å²) in [7, 11) is -2.81. The fourth-order valence-corrected chi connectivity index (χ4v) is 15.2. The molecular formula is C46H31NOSSi. The van der Waals surface area contributed by atoms with Gasteiger partial charge in [-0.2, -0.15) is 0 Å². The number of para-hydroxylation sites is 2. The van der Waals surface area contributed by atoms with E-state index >= 15 is 0 Å². The van der Waals surface area contributed by atoms with E-state index in [2.05, 4.69) is 193 Å². The Bertz CT molecular complexity index is 2460. The Kier molecular flexibility index (Phi) is 6.79. The van der Waals surface area contributed by atoms with Crippen molar-refractivity contribution in [3.05, 3.63) is 188 Å². The van der Waals surface area contributed by atoms with Crippen LogP contribution in [0.1, 0.15) is 0 Å². The maximum absolute atomic E-state index is 6.66. The molecule has 10 rings (SSSR count). The summed E-state index contributed by atoms with van der Waals surface area (Å²) in [5, 5.41) is 7.85. The molecule has 0 aliphatic carbocycles. The molecule has 8 aromatic carbocycles. The summed E-state index contributed by atoms with van der Waals surface area (Å²) in [4.78, 5) is 5.08. The molecule has 0 atom stereocenters. The lowest BCUT2D eigenvalue weighted by molar-refractivity contribution is 0.487. The third-order valence-electron chi connectivity index (χ3n) is 10.2. The predicted molar refractivity (Wildman–Crippen MR) is 212 cm³/mol. The van der Waals surface area contributed by atoms with Crippen LogP contribution >= 0.6 is 11.8 Å². The van der Waals surface area contributed by atoms with Crippen molar-refractivity contribution >= 4 is 68.4 Å². The summed E-state index contributed by atoms with van der Waals surface area (Å²) < 4.78 is 6.66. The molecule has 2 heterocycles. The SMILES string of the molecule is c1ccc(-c2ccc(N(c3ccc4c(c3)[Si]3(c5ccccc5Oc5ccccc53)c3ccccc3S4)c3cccc4ccccc34)cc2)cc1. The Balaban J connectivity index is 1.25. The van der Waals surface area contributed by atoms with Crippen LogP contribution in [0, 0.1) is 0 Å². The van der Waals surface area contributed by atoms with Gasteiger partial charge in [0.25, 0.3) is 0 Å². The number of hydrogen-bond acceptors (Lipinski definition) is 3. The fraction of sp³-hybridized carbons (Fsp3) is 0. The molecule has 0 unspecified atom stereocenters. The summed E-state index contributed by atoms with van der Waals surface area (Å²) in [6, 6.07) is 68.6. The highest BCUT2D eigenvalue weighted by atomic mass is 32.2. The van der Waals surface area contributed by atoms with Gasteiger partial charge in [-0.25, -0.2) is 0 Å². The van der Waals surface area contributed by atoms with Crippen molar-refractivity contribution in [2.24, 2.45) is 0 Å². The van der Waals surface area contributed by atoms with Gasteiger partial charge in [-0.1, -0.05) is 145 Å². The lowest BCUT2D eigenvalue weighted by Gasteiger charge is -2.43. The second kappa shape index (κ2) is 11.7. The molecule has 2 aliphatic rings. The summed E-state index contributed by atoms with van der Waals surface area (Å²) in [6.45, 7) is 0. The summed E-state index contributed by atoms with van der Waals surface area (Å²) in [5.41, 5.74) is 5.83. The first-order valence-corrected chi connectivity index (χ1v) is 19.8. The molecule has 0 aromatic heterocycles. The van der Waals surface area contributed by atoms with Crippen molar-refractivity contribution in [3.63, 3.8) is 0 Å². The third kappa shape index (κ3) is 4.42. The zero-order valence-corrected chi connectivity index (χ0v) is 29.0. The van der Waals surface area contributed by atoms with Gasteiger partial charge < -0.3 is 9.64 Å². The zero-order valence-electron chi connectivity index (χ0n) is 27.2. The molecule has 50 heavy (non-hydrogen) atoms. The third-order valence-corrected chi connectivity index (χ3v) is 16.6. The number of nitrogens with zero attached hydrogens (tertiary/aromatic N) is 1. The van der Waals surface area contributed by atoms with E-state index in [-0.39, 0.29) is 0 Å². The number of fused-ring (bicyclic) bond motifs is 9. The van der Waals surface area contributed by atoms with Crippen LogP contribution in [0.2, 0.25) is 0 Å². The van der Waals surface area contributed by atoms with Gasteiger partial charge in [0.05, 0.1) is 5.69 Å². The van der Waals surface area contributed by atoms with Gasteiger partial charge in [-0.05, 0) is 91.9 Å². The lowest BCUT2D eigenvalue weighted by atomic mass is 10.0. The molecule has 8 aromatic rings. The molecule has 0 saturated heterocycles. The van der Waals surface area contributed by atoms with Crippen LogP contribution in [-0.2, 0) is 0 Å². The molecule has 0 radical (unpaired) electrons. The molecule has 2 nitrogen and oxygen atoms in total. The molecule has 4 heteroatoms. The molecular weight excluding hydrogens is 643 g/mol. The smallest absolute Gasteiger partial charge is 0.190 e. The average Bonchev–Trinajstić information content (AvgIpc) is 3.19. The molecule has 0 fully saturated rings. The molecule has 0 saturated carbocycles. The van der Waals surface area contributed by atoms with E-state index < -0.39 is 8.07 Å². The van der Waals surface area contributed by atoms with Gasteiger partial charge in [0.1, 0.15) is 11.5 Å². The van der Waals surface area contributed by atoms with E-state index in [0.717, 1.165) is 28.6 Å². The van der Waals surface area contributed by atoms with Gasteiger partial charge in [-0.15, -0.1) is 0 Å². The van der Waals surface area contributed by atoms with Crippen molar-refractivity contribution in [1.82, 2.24) is 0 Å². The largest absolute Gasteiger partial charge is 0.458 e. The second-order valence-electron chi connectivity index (χ2n) is 12.9. The van der Waals surface area contributed by atoms with Gasteiger partial charge in [0.15, 0.2) is 8.07 Å². The number of ether oxygens (including phenoxy) is 1. The van der Waals surface area contributed by atoms with E-state index in [0.29, 0.717) is 0 Å². The maximum Gasteiger partial charge on any atom is 0.190 e. The molecule has 236 valence electrons. The van der Waals surface area contributed by atoms with Crippen LogP contribution in [-0.4, -0.2) is 8.07 Å². The van der Waals surface area contributed by atoms with Crippen molar-refractivity contribution in [2.45, 2.75) is 9.79 Å². The van der Waals surface area contributed by atoms with Gasteiger partial charge in [-0.3, -0.25) is 0 Å². The Morgan fingerprint density at radius 2 is 1.00 bits per heavy atom. The minimum atomic E-state index is -2.81. The van der Waals surface area contributed by atoms with E-state index in [9.17, 15) is 0 Å². The van der Waals surface area contributed by atoms with E-state index in [1.165, 1.54) is 52.4 Å². The fourth-order valence-electron chi connectivity index (χ4n) is 8.01. The Labute approximate surface area is 297 Å². The Hall–Kier alpha value is -5.81. The van der Waals surface area contributed by atoms with Crippen molar-refractivity contribution in [1.29, 1.82) is 0 Å². The van der Waals surface area contributed by atoms with Crippen LogP contribution < -0.4 is 30.4 Å². The average molecular weight is 674 g/mol. The lowest BCUT2D eigenvalue weighted by Crippen LogP contribution is -2.77. The normalized spacial score (nSPS) is 13.4. The van der Waals surface area contributed by atoms with E-state index in [1.807, 2.05) is 11.8 Å². The highest BCUT2D eigenvalue weighted by molar-refractivity contribution is 8.00. The van der Waals surface area contributed by atoms with Gasteiger partial charge in [0.2, 0.25) is 0 Å². The van der Waals surface area contributed by atoms with E-state index in [1.54, 1.807) is 0 Å². The number of benzene rings is 8. The van der Waals surface area contributed by atoms with Gasteiger partial charge >= 0.3 is 0 Å². The minimum absolute atomic E-state index is 0.957. The van der Waals surface area contributed by atoms with Crippen LogP contribution in [0.25, 0.3) is 21.9 Å². The highest BCUT2D eigenvalue weighted by Gasteiger charge is 2.52.